The van der Waals surface area contributed by atoms with Gasteiger partial charge < -0.3 is 16.8 Å². The fourth-order valence-electron chi connectivity index (χ4n) is 2.47. The summed E-state index contributed by atoms with van der Waals surface area (Å²) < 4.78 is 0. The predicted molar refractivity (Wildman–Crippen MR) is 78.6 cm³/mol. The number of amides is 2. The van der Waals surface area contributed by atoms with Crippen molar-refractivity contribution in [2.45, 2.75) is 25.7 Å². The summed E-state index contributed by atoms with van der Waals surface area (Å²) in [5.74, 6) is -0.726. The Hall–Kier alpha value is -1.59. The molecule has 0 heterocycles. The van der Waals surface area contributed by atoms with Crippen LogP contribution < -0.4 is 16.8 Å². The van der Waals surface area contributed by atoms with Crippen molar-refractivity contribution in [3.63, 3.8) is 0 Å². The zero-order valence-corrected chi connectivity index (χ0v) is 11.9. The quantitative estimate of drug-likeness (QED) is 0.773. The molecule has 1 saturated carbocycles. The monoisotopic (exact) mass is 295 g/mol. The van der Waals surface area contributed by atoms with Crippen LogP contribution in [0.3, 0.4) is 0 Å². The maximum absolute atomic E-state index is 12.0. The molecule has 0 bridgehead atoms. The molecular formula is C14H18ClN3O2. The number of primary amides is 1. The summed E-state index contributed by atoms with van der Waals surface area (Å²) in [7, 11) is 0. The van der Waals surface area contributed by atoms with E-state index in [0.29, 0.717) is 18.7 Å². The summed E-state index contributed by atoms with van der Waals surface area (Å²) in [5, 5.41) is 3.03. The van der Waals surface area contributed by atoms with Gasteiger partial charge in [-0.05, 0) is 43.0 Å². The Morgan fingerprint density at radius 1 is 1.35 bits per heavy atom. The van der Waals surface area contributed by atoms with E-state index >= 15 is 0 Å². The van der Waals surface area contributed by atoms with E-state index in [1.54, 1.807) is 12.1 Å². The van der Waals surface area contributed by atoms with Crippen LogP contribution in [-0.4, -0.2) is 18.4 Å². The van der Waals surface area contributed by atoms with Gasteiger partial charge in [-0.3, -0.25) is 9.59 Å². The smallest absolute Gasteiger partial charge is 0.250 e. The normalized spacial score (nSPS) is 16.3. The van der Waals surface area contributed by atoms with E-state index in [2.05, 4.69) is 5.32 Å². The summed E-state index contributed by atoms with van der Waals surface area (Å²) in [6, 6.07) is 4.67. The maximum atomic E-state index is 12.0. The fourth-order valence-corrected chi connectivity index (χ4v) is 2.68. The molecule has 0 saturated heterocycles. The van der Waals surface area contributed by atoms with Crippen molar-refractivity contribution < 1.29 is 9.59 Å². The number of halogens is 1. The van der Waals surface area contributed by atoms with Gasteiger partial charge in [-0.1, -0.05) is 18.0 Å². The van der Waals surface area contributed by atoms with Crippen molar-refractivity contribution in [2.24, 2.45) is 16.9 Å². The average molecular weight is 296 g/mol. The Balaban J connectivity index is 2.04. The van der Waals surface area contributed by atoms with Crippen LogP contribution in [0.5, 0.6) is 0 Å². The van der Waals surface area contributed by atoms with Crippen LogP contribution in [0.1, 0.15) is 36.0 Å². The van der Waals surface area contributed by atoms with Crippen molar-refractivity contribution in [3.8, 4) is 0 Å². The van der Waals surface area contributed by atoms with E-state index in [9.17, 15) is 9.59 Å². The number of hydrogen-bond acceptors (Lipinski definition) is 3. The number of carbonyl (C=O) groups is 2. The minimum atomic E-state index is -0.622. The molecule has 1 aromatic carbocycles. The van der Waals surface area contributed by atoms with E-state index in [-0.39, 0.29) is 21.9 Å². The number of benzene rings is 1. The van der Waals surface area contributed by atoms with Crippen molar-refractivity contribution in [1.29, 1.82) is 0 Å². The van der Waals surface area contributed by atoms with Crippen molar-refractivity contribution in [1.82, 2.24) is 0 Å². The molecule has 0 radical (unpaired) electrons. The first-order valence-electron chi connectivity index (χ1n) is 6.55. The molecule has 1 aromatic rings. The molecule has 0 aromatic heterocycles. The van der Waals surface area contributed by atoms with E-state index in [1.165, 1.54) is 6.07 Å². The molecule has 5 N–H and O–H groups in total. The average Bonchev–Trinajstić information content (AvgIpc) is 2.36. The van der Waals surface area contributed by atoms with E-state index < -0.39 is 5.91 Å². The molecule has 1 aliphatic rings. The van der Waals surface area contributed by atoms with Crippen molar-refractivity contribution in [2.75, 3.05) is 11.9 Å². The maximum Gasteiger partial charge on any atom is 0.250 e. The zero-order chi connectivity index (χ0) is 14.8. The number of rotatable bonds is 5. The SMILES string of the molecule is NCC1(CC(=O)Nc2ccc(Cl)c(C(N)=O)c2)CCC1. The van der Waals surface area contributed by atoms with E-state index in [1.807, 2.05) is 0 Å². The first-order chi connectivity index (χ1) is 9.46. The van der Waals surface area contributed by atoms with Gasteiger partial charge >= 0.3 is 0 Å². The second-order valence-corrected chi connectivity index (χ2v) is 5.75. The second kappa shape index (κ2) is 5.81. The summed E-state index contributed by atoms with van der Waals surface area (Å²) in [4.78, 5) is 23.2. The zero-order valence-electron chi connectivity index (χ0n) is 11.1. The highest BCUT2D eigenvalue weighted by molar-refractivity contribution is 6.33. The van der Waals surface area contributed by atoms with Crippen LogP contribution in [0.25, 0.3) is 0 Å². The molecule has 1 fully saturated rings. The highest BCUT2D eigenvalue weighted by atomic mass is 35.5. The molecule has 2 rings (SSSR count). The molecule has 108 valence electrons. The summed E-state index contributed by atoms with van der Waals surface area (Å²) in [5.41, 5.74) is 11.6. The van der Waals surface area contributed by atoms with Gasteiger partial charge in [0, 0.05) is 12.1 Å². The summed E-state index contributed by atoms with van der Waals surface area (Å²) in [6.45, 7) is 0.521. The van der Waals surface area contributed by atoms with Crippen LogP contribution in [0.2, 0.25) is 5.02 Å². The highest BCUT2D eigenvalue weighted by Crippen LogP contribution is 2.43. The van der Waals surface area contributed by atoms with Gasteiger partial charge in [0.1, 0.15) is 0 Å². The Labute approximate surface area is 122 Å². The molecule has 1 aliphatic carbocycles. The standard InChI is InChI=1S/C14H18ClN3O2/c15-11-3-2-9(6-10(11)13(17)20)18-12(19)7-14(8-16)4-1-5-14/h2-3,6H,1,4-5,7-8,16H2,(H2,17,20)(H,18,19). The lowest BCUT2D eigenvalue weighted by Crippen LogP contribution is -2.40. The van der Waals surface area contributed by atoms with Crippen molar-refractivity contribution >= 4 is 29.1 Å². The number of hydrogen-bond donors (Lipinski definition) is 3. The molecule has 0 aliphatic heterocycles. The Morgan fingerprint density at radius 3 is 2.55 bits per heavy atom. The first-order valence-corrected chi connectivity index (χ1v) is 6.93. The fraction of sp³-hybridized carbons (Fsp3) is 0.429. The lowest BCUT2D eigenvalue weighted by atomic mass is 9.66. The molecule has 2 amide bonds. The van der Waals surface area contributed by atoms with Gasteiger partial charge in [-0.15, -0.1) is 0 Å². The molecule has 6 heteroatoms. The Kier molecular flexibility index (Phi) is 4.30. The number of carbonyl (C=O) groups excluding carboxylic acids is 2. The van der Waals surface area contributed by atoms with Crippen LogP contribution in [-0.2, 0) is 4.79 Å². The lowest BCUT2D eigenvalue weighted by molar-refractivity contribution is -0.119. The third-order valence-electron chi connectivity index (χ3n) is 3.90. The van der Waals surface area contributed by atoms with E-state index in [0.717, 1.165) is 19.3 Å². The first kappa shape index (κ1) is 14.8. The van der Waals surface area contributed by atoms with Gasteiger partial charge in [0.05, 0.1) is 10.6 Å². The Bertz CT molecular complexity index is 536. The Morgan fingerprint density at radius 2 is 2.05 bits per heavy atom. The lowest BCUT2D eigenvalue weighted by Gasteiger charge is -2.40. The second-order valence-electron chi connectivity index (χ2n) is 5.34. The van der Waals surface area contributed by atoms with Gasteiger partial charge in [0.2, 0.25) is 11.8 Å². The summed E-state index contributed by atoms with van der Waals surface area (Å²) >= 11 is 5.86. The van der Waals surface area contributed by atoms with Crippen LogP contribution in [0.4, 0.5) is 5.69 Å². The van der Waals surface area contributed by atoms with Crippen LogP contribution in [0, 0.1) is 5.41 Å². The third kappa shape index (κ3) is 3.11. The molecule has 0 spiro atoms. The molecule has 0 atom stereocenters. The van der Waals surface area contributed by atoms with Crippen LogP contribution in [0.15, 0.2) is 18.2 Å². The summed E-state index contributed by atoms with van der Waals surface area (Å²) in [6.07, 6.45) is 3.50. The number of nitrogens with two attached hydrogens (primary N) is 2. The van der Waals surface area contributed by atoms with Gasteiger partial charge in [0.15, 0.2) is 0 Å². The third-order valence-corrected chi connectivity index (χ3v) is 4.23. The predicted octanol–water partition coefficient (Wildman–Crippen LogP) is 1.90. The van der Waals surface area contributed by atoms with Gasteiger partial charge in [0.25, 0.3) is 0 Å². The molecule has 0 unspecified atom stereocenters. The largest absolute Gasteiger partial charge is 0.366 e. The van der Waals surface area contributed by atoms with Gasteiger partial charge in [-0.25, -0.2) is 0 Å². The minimum absolute atomic E-state index is 0.0526. The van der Waals surface area contributed by atoms with Crippen molar-refractivity contribution in [3.05, 3.63) is 28.8 Å². The molecule has 20 heavy (non-hydrogen) atoms. The van der Waals surface area contributed by atoms with Crippen LogP contribution >= 0.6 is 11.6 Å². The van der Waals surface area contributed by atoms with Gasteiger partial charge in [-0.2, -0.15) is 0 Å². The number of nitrogens with one attached hydrogen (secondary N) is 1. The highest BCUT2D eigenvalue weighted by Gasteiger charge is 2.37. The number of anilines is 1. The minimum Gasteiger partial charge on any atom is -0.366 e. The molecular weight excluding hydrogens is 278 g/mol. The molecule has 5 nitrogen and oxygen atoms in total. The topological polar surface area (TPSA) is 98.2 Å². The van der Waals surface area contributed by atoms with E-state index in [4.69, 9.17) is 23.1 Å².